The summed E-state index contributed by atoms with van der Waals surface area (Å²) in [6.45, 7) is 5.75. The average molecular weight is 313 g/mol. The largest absolute Gasteiger partial charge is 0.491 e. The number of ether oxygens (including phenoxy) is 1. The van der Waals surface area contributed by atoms with Crippen LogP contribution in [0.25, 0.3) is 0 Å². The van der Waals surface area contributed by atoms with Crippen molar-refractivity contribution in [2.45, 2.75) is 13.0 Å². The number of benzene rings is 1. The van der Waals surface area contributed by atoms with Crippen LogP contribution in [-0.2, 0) is 4.79 Å². The molecule has 0 bridgehead atoms. The Morgan fingerprint density at radius 3 is 2.62 bits per heavy atom. The van der Waals surface area contributed by atoms with Crippen molar-refractivity contribution in [3.05, 3.63) is 29.3 Å². The highest BCUT2D eigenvalue weighted by Gasteiger charge is 2.23. The monoisotopic (exact) mass is 312 g/mol. The van der Waals surface area contributed by atoms with Crippen molar-refractivity contribution in [3.63, 3.8) is 0 Å². The number of aliphatic hydroxyl groups excluding tert-OH is 1. The summed E-state index contributed by atoms with van der Waals surface area (Å²) in [5.41, 5.74) is 0. The molecule has 1 fully saturated rings. The lowest BCUT2D eigenvalue weighted by molar-refractivity contribution is -0.141. The third kappa shape index (κ3) is 4.59. The minimum absolute atomic E-state index is 0.193. The molecular formula is C15H21ClN2O3. The Labute approximate surface area is 130 Å². The smallest absolute Gasteiger partial charge is 0.251 e. The van der Waals surface area contributed by atoms with E-state index in [0.29, 0.717) is 30.5 Å². The number of rotatable bonds is 5. The lowest BCUT2D eigenvalue weighted by Crippen LogP contribution is -2.51. The van der Waals surface area contributed by atoms with E-state index in [-0.39, 0.29) is 5.91 Å². The number of piperazine rings is 1. The van der Waals surface area contributed by atoms with Gasteiger partial charge in [0.25, 0.3) is 5.91 Å². The number of hydrogen-bond acceptors (Lipinski definition) is 4. The maximum Gasteiger partial charge on any atom is 0.251 e. The Balaban J connectivity index is 1.70. The van der Waals surface area contributed by atoms with Gasteiger partial charge in [-0.3, -0.25) is 9.69 Å². The number of amides is 1. The molecule has 0 radical (unpaired) electrons. The summed E-state index contributed by atoms with van der Waals surface area (Å²) < 4.78 is 5.66. The number of hydrogen-bond donors (Lipinski definition) is 1. The summed E-state index contributed by atoms with van der Waals surface area (Å²) in [4.78, 5) is 15.6. The summed E-state index contributed by atoms with van der Waals surface area (Å²) in [5, 5.41) is 9.91. The Hall–Kier alpha value is -1.30. The molecule has 1 heterocycles. The van der Waals surface area contributed by atoms with Crippen molar-refractivity contribution in [1.82, 2.24) is 9.80 Å². The maximum atomic E-state index is 11.7. The molecule has 0 saturated carbocycles. The zero-order valence-electron chi connectivity index (χ0n) is 12.2. The van der Waals surface area contributed by atoms with Crippen molar-refractivity contribution in [2.24, 2.45) is 0 Å². The molecule has 1 aromatic carbocycles. The first-order chi connectivity index (χ1) is 10.1. The van der Waals surface area contributed by atoms with E-state index in [1.807, 2.05) is 18.2 Å². The Bertz CT molecular complexity index is 474. The van der Waals surface area contributed by atoms with Gasteiger partial charge in [0.1, 0.15) is 18.5 Å². The van der Waals surface area contributed by atoms with E-state index in [0.717, 1.165) is 19.6 Å². The first kappa shape index (κ1) is 16.1. The molecule has 1 amide bonds. The van der Waals surface area contributed by atoms with Crippen LogP contribution in [0.3, 0.4) is 0 Å². The molecule has 1 aliphatic heterocycles. The quantitative estimate of drug-likeness (QED) is 0.889. The molecule has 1 N–H and O–H groups in total. The summed E-state index contributed by atoms with van der Waals surface area (Å²) in [6, 6.07) is 7.41. The fraction of sp³-hybridized carbons (Fsp3) is 0.533. The van der Waals surface area contributed by atoms with Crippen LogP contribution < -0.4 is 4.74 Å². The van der Waals surface area contributed by atoms with E-state index in [1.165, 1.54) is 6.92 Å². The minimum Gasteiger partial charge on any atom is -0.491 e. The average Bonchev–Trinajstić information content (AvgIpc) is 2.49. The molecule has 2 rings (SSSR count). The van der Waals surface area contributed by atoms with E-state index < -0.39 is 6.10 Å². The van der Waals surface area contributed by atoms with Gasteiger partial charge in [0.2, 0.25) is 0 Å². The standard InChI is InChI=1S/C15H21ClN2O3/c1-12(19)15(20)18-8-6-17(7-9-18)10-11-21-14-5-3-2-4-13(14)16/h2-5,12,19H,6-11H2,1H3. The highest BCUT2D eigenvalue weighted by molar-refractivity contribution is 6.32. The second kappa shape index (κ2) is 7.64. The van der Waals surface area contributed by atoms with Gasteiger partial charge in [-0.25, -0.2) is 0 Å². The predicted molar refractivity (Wildman–Crippen MR) is 81.6 cm³/mol. The second-order valence-electron chi connectivity index (χ2n) is 5.12. The van der Waals surface area contributed by atoms with Crippen LogP contribution in [0, 0.1) is 0 Å². The number of carbonyl (C=O) groups excluding carboxylic acids is 1. The Kier molecular flexibility index (Phi) is 5.85. The maximum absolute atomic E-state index is 11.7. The van der Waals surface area contributed by atoms with E-state index in [1.54, 1.807) is 11.0 Å². The number of para-hydroxylation sites is 1. The zero-order valence-corrected chi connectivity index (χ0v) is 12.9. The van der Waals surface area contributed by atoms with E-state index in [4.69, 9.17) is 16.3 Å². The Morgan fingerprint density at radius 2 is 2.00 bits per heavy atom. The van der Waals surface area contributed by atoms with Crippen LogP contribution in [-0.4, -0.2) is 66.2 Å². The molecule has 5 nitrogen and oxygen atoms in total. The van der Waals surface area contributed by atoms with Crippen molar-refractivity contribution in [3.8, 4) is 5.75 Å². The minimum atomic E-state index is -0.917. The predicted octanol–water partition coefficient (Wildman–Crippen LogP) is 1.24. The summed E-state index contributed by atoms with van der Waals surface area (Å²) in [6.07, 6.45) is -0.917. The van der Waals surface area contributed by atoms with Crippen molar-refractivity contribution in [1.29, 1.82) is 0 Å². The molecule has 0 aromatic heterocycles. The van der Waals surface area contributed by atoms with Crippen LogP contribution in [0.2, 0.25) is 5.02 Å². The molecule has 1 aliphatic rings. The van der Waals surface area contributed by atoms with Crippen LogP contribution in [0.5, 0.6) is 5.75 Å². The van der Waals surface area contributed by atoms with Crippen LogP contribution >= 0.6 is 11.6 Å². The second-order valence-corrected chi connectivity index (χ2v) is 5.53. The van der Waals surface area contributed by atoms with Gasteiger partial charge in [0.15, 0.2) is 0 Å². The number of carbonyl (C=O) groups is 1. The summed E-state index contributed by atoms with van der Waals surface area (Å²) in [7, 11) is 0. The molecule has 1 aromatic rings. The molecule has 1 saturated heterocycles. The third-order valence-electron chi connectivity index (χ3n) is 3.54. The van der Waals surface area contributed by atoms with E-state index in [9.17, 15) is 9.90 Å². The van der Waals surface area contributed by atoms with Crippen LogP contribution in [0.15, 0.2) is 24.3 Å². The van der Waals surface area contributed by atoms with Gasteiger partial charge in [-0.1, -0.05) is 23.7 Å². The summed E-state index contributed by atoms with van der Waals surface area (Å²) >= 11 is 6.02. The van der Waals surface area contributed by atoms with Gasteiger partial charge >= 0.3 is 0 Å². The molecule has 21 heavy (non-hydrogen) atoms. The normalized spacial score (nSPS) is 17.6. The van der Waals surface area contributed by atoms with Crippen molar-refractivity contribution in [2.75, 3.05) is 39.3 Å². The van der Waals surface area contributed by atoms with Gasteiger partial charge in [0.05, 0.1) is 5.02 Å². The fourth-order valence-corrected chi connectivity index (χ4v) is 2.49. The molecule has 1 unspecified atom stereocenters. The molecule has 6 heteroatoms. The van der Waals surface area contributed by atoms with Gasteiger partial charge in [0, 0.05) is 32.7 Å². The Morgan fingerprint density at radius 1 is 1.33 bits per heavy atom. The topological polar surface area (TPSA) is 53.0 Å². The first-order valence-corrected chi connectivity index (χ1v) is 7.52. The number of nitrogens with zero attached hydrogens (tertiary/aromatic N) is 2. The lowest BCUT2D eigenvalue weighted by Gasteiger charge is -2.35. The first-order valence-electron chi connectivity index (χ1n) is 7.14. The lowest BCUT2D eigenvalue weighted by atomic mass is 10.2. The molecule has 0 spiro atoms. The van der Waals surface area contributed by atoms with E-state index in [2.05, 4.69) is 4.90 Å². The van der Waals surface area contributed by atoms with E-state index >= 15 is 0 Å². The van der Waals surface area contributed by atoms with Crippen molar-refractivity contribution >= 4 is 17.5 Å². The molecule has 1 atom stereocenters. The van der Waals surface area contributed by atoms with Gasteiger partial charge in [-0.05, 0) is 19.1 Å². The van der Waals surface area contributed by atoms with Gasteiger partial charge < -0.3 is 14.7 Å². The molecular weight excluding hydrogens is 292 g/mol. The molecule has 116 valence electrons. The highest BCUT2D eigenvalue weighted by Crippen LogP contribution is 2.22. The van der Waals surface area contributed by atoms with Crippen LogP contribution in [0.1, 0.15) is 6.92 Å². The highest BCUT2D eigenvalue weighted by atomic mass is 35.5. The van der Waals surface area contributed by atoms with Crippen LogP contribution in [0.4, 0.5) is 0 Å². The number of halogens is 1. The van der Waals surface area contributed by atoms with Gasteiger partial charge in [-0.15, -0.1) is 0 Å². The third-order valence-corrected chi connectivity index (χ3v) is 3.86. The SMILES string of the molecule is CC(O)C(=O)N1CCN(CCOc2ccccc2Cl)CC1. The van der Waals surface area contributed by atoms with Crippen molar-refractivity contribution < 1.29 is 14.6 Å². The zero-order chi connectivity index (χ0) is 15.2. The van der Waals surface area contributed by atoms with Gasteiger partial charge in [-0.2, -0.15) is 0 Å². The number of aliphatic hydroxyl groups is 1. The fourth-order valence-electron chi connectivity index (χ4n) is 2.30. The molecule has 0 aliphatic carbocycles. The summed E-state index contributed by atoms with van der Waals surface area (Å²) in [5.74, 6) is 0.504.